The van der Waals surface area contributed by atoms with Gasteiger partial charge in [0.1, 0.15) is 5.54 Å². The Kier molecular flexibility index (Phi) is 4.68. The second kappa shape index (κ2) is 7.78. The number of imide groups is 1. The predicted molar refractivity (Wildman–Crippen MR) is 141 cm³/mol. The summed E-state index contributed by atoms with van der Waals surface area (Å²) in [6.45, 7) is 1.87. The molecule has 2 saturated heterocycles. The molecule has 3 aliphatic rings. The Hall–Kier alpha value is -3.94. The van der Waals surface area contributed by atoms with E-state index >= 15 is 0 Å². The van der Waals surface area contributed by atoms with Crippen LogP contribution in [0.1, 0.15) is 16.7 Å². The topological polar surface area (TPSA) is 94.3 Å². The normalized spacial score (nSPS) is 26.3. The molecule has 184 valence electrons. The monoisotopic (exact) mass is 510 g/mol. The summed E-state index contributed by atoms with van der Waals surface area (Å²) < 4.78 is 0. The number of hydrogen-bond acceptors (Lipinski definition) is 4. The van der Waals surface area contributed by atoms with Gasteiger partial charge in [-0.2, -0.15) is 0 Å². The molecule has 1 spiro atoms. The first-order chi connectivity index (χ1) is 17.9. The molecule has 8 heteroatoms. The summed E-state index contributed by atoms with van der Waals surface area (Å²) in [6, 6.07) is 19.9. The lowest BCUT2D eigenvalue weighted by molar-refractivity contribution is -0.130. The summed E-state index contributed by atoms with van der Waals surface area (Å²) in [5, 5.41) is 8.02. The number of para-hydroxylation sites is 2. The number of fused-ring (bicyclic) bond motifs is 5. The van der Waals surface area contributed by atoms with Crippen molar-refractivity contribution in [2.45, 2.75) is 24.9 Å². The number of amides is 3. The zero-order valence-electron chi connectivity index (χ0n) is 19.9. The number of rotatable bonds is 3. The van der Waals surface area contributed by atoms with Crippen LogP contribution >= 0.6 is 11.6 Å². The molecule has 7 nitrogen and oxygen atoms in total. The van der Waals surface area contributed by atoms with Gasteiger partial charge in [-0.05, 0) is 54.8 Å². The fourth-order valence-electron chi connectivity index (χ4n) is 6.58. The first-order valence-electron chi connectivity index (χ1n) is 12.3. The van der Waals surface area contributed by atoms with Crippen LogP contribution in [-0.2, 0) is 26.3 Å². The Balaban J connectivity index is 1.40. The third-order valence-electron chi connectivity index (χ3n) is 8.12. The van der Waals surface area contributed by atoms with Gasteiger partial charge in [0.25, 0.3) is 0 Å². The van der Waals surface area contributed by atoms with Crippen molar-refractivity contribution < 1.29 is 14.4 Å². The summed E-state index contributed by atoms with van der Waals surface area (Å²) in [4.78, 5) is 46.4. The van der Waals surface area contributed by atoms with Crippen LogP contribution in [0, 0.1) is 18.8 Å². The van der Waals surface area contributed by atoms with Crippen molar-refractivity contribution in [1.82, 2.24) is 10.3 Å². The molecule has 0 radical (unpaired) electrons. The molecule has 0 aliphatic carbocycles. The lowest BCUT2D eigenvalue weighted by atomic mass is 9.76. The molecule has 3 aliphatic heterocycles. The van der Waals surface area contributed by atoms with Crippen molar-refractivity contribution in [1.29, 1.82) is 0 Å². The zero-order chi connectivity index (χ0) is 25.5. The summed E-state index contributed by atoms with van der Waals surface area (Å²) >= 11 is 6.45. The molecule has 7 rings (SSSR count). The number of aromatic nitrogens is 1. The molecule has 0 saturated carbocycles. The fourth-order valence-corrected chi connectivity index (χ4v) is 6.85. The number of carbonyl (C=O) groups is 3. The zero-order valence-corrected chi connectivity index (χ0v) is 20.7. The average Bonchev–Trinajstić information content (AvgIpc) is 3.60. The number of halogens is 1. The van der Waals surface area contributed by atoms with Gasteiger partial charge in [0.2, 0.25) is 17.7 Å². The molecular formula is C29H23ClN4O3. The average molecular weight is 511 g/mol. The van der Waals surface area contributed by atoms with Crippen LogP contribution in [0.5, 0.6) is 0 Å². The van der Waals surface area contributed by atoms with Crippen molar-refractivity contribution >= 4 is 51.6 Å². The molecule has 4 aromatic rings. The maximum absolute atomic E-state index is 14.1. The van der Waals surface area contributed by atoms with Crippen LogP contribution in [0.4, 0.5) is 11.4 Å². The van der Waals surface area contributed by atoms with E-state index in [-0.39, 0.29) is 17.7 Å². The van der Waals surface area contributed by atoms with E-state index < -0.39 is 23.4 Å². The number of anilines is 2. The SMILES string of the molecule is Cc1cc(Cl)cc2c1NC(=O)[C@]21N[C@@H](Cc2c[nH]c3ccccc23)[C@H]2C(=O)N(c3ccccc3)C(=O)[C@H]21. The molecule has 2 fully saturated rings. The first-order valence-corrected chi connectivity index (χ1v) is 12.7. The van der Waals surface area contributed by atoms with Crippen LogP contribution in [0.15, 0.2) is 72.9 Å². The molecule has 37 heavy (non-hydrogen) atoms. The van der Waals surface area contributed by atoms with Gasteiger partial charge < -0.3 is 10.3 Å². The van der Waals surface area contributed by atoms with Gasteiger partial charge in [-0.25, -0.2) is 4.90 Å². The number of H-pyrrole nitrogens is 1. The van der Waals surface area contributed by atoms with Gasteiger partial charge in [-0.3, -0.25) is 19.7 Å². The summed E-state index contributed by atoms with van der Waals surface area (Å²) in [6.07, 6.45) is 2.41. The summed E-state index contributed by atoms with van der Waals surface area (Å²) in [5.74, 6) is -2.64. The highest BCUT2D eigenvalue weighted by Crippen LogP contribution is 2.55. The molecule has 0 unspecified atom stereocenters. The Bertz CT molecular complexity index is 1630. The minimum absolute atomic E-state index is 0.296. The number of aryl methyl sites for hydroxylation is 1. The van der Waals surface area contributed by atoms with Gasteiger partial charge in [-0.1, -0.05) is 48.0 Å². The van der Waals surface area contributed by atoms with Crippen LogP contribution in [0.3, 0.4) is 0 Å². The van der Waals surface area contributed by atoms with E-state index in [2.05, 4.69) is 15.6 Å². The van der Waals surface area contributed by atoms with Gasteiger partial charge >= 0.3 is 0 Å². The number of hydrogen-bond donors (Lipinski definition) is 3. The van der Waals surface area contributed by atoms with E-state index in [4.69, 9.17) is 11.6 Å². The highest BCUT2D eigenvalue weighted by molar-refractivity contribution is 6.31. The minimum atomic E-state index is -1.40. The third-order valence-corrected chi connectivity index (χ3v) is 8.33. The maximum Gasteiger partial charge on any atom is 0.250 e. The van der Waals surface area contributed by atoms with Crippen molar-refractivity contribution in [3.05, 3.63) is 94.6 Å². The quantitative estimate of drug-likeness (QED) is 0.358. The Morgan fingerprint density at radius 3 is 2.54 bits per heavy atom. The Labute approximate surface area is 217 Å². The number of aromatic amines is 1. The maximum atomic E-state index is 14.1. The van der Waals surface area contributed by atoms with Crippen molar-refractivity contribution in [2.75, 3.05) is 10.2 Å². The highest BCUT2D eigenvalue weighted by Gasteiger charge is 2.70. The third kappa shape index (κ3) is 2.95. The van der Waals surface area contributed by atoms with E-state index in [0.717, 1.165) is 22.0 Å². The standard InChI is InChI=1S/C29H23ClN4O3/c1-15-11-17(30)13-20-25(15)32-28(37)29(20)24-23(26(35)34(27(24)36)18-7-3-2-4-8-18)22(33-29)12-16-14-31-21-10-6-5-9-19(16)21/h2-11,13-14,22-24,31,33H,12H2,1H3,(H,32,37)/t22-,23+,24-,29-/m0/s1. The molecular weight excluding hydrogens is 488 g/mol. The summed E-state index contributed by atoms with van der Waals surface area (Å²) in [5.41, 5.74) is 3.19. The Morgan fingerprint density at radius 1 is 0.973 bits per heavy atom. The second-order valence-electron chi connectivity index (χ2n) is 10.1. The van der Waals surface area contributed by atoms with Crippen LogP contribution in [-0.4, -0.2) is 28.7 Å². The number of benzene rings is 3. The largest absolute Gasteiger partial charge is 0.361 e. The lowest BCUT2D eigenvalue weighted by Crippen LogP contribution is -2.53. The molecule has 4 atom stereocenters. The van der Waals surface area contributed by atoms with Crippen LogP contribution < -0.4 is 15.5 Å². The summed E-state index contributed by atoms with van der Waals surface area (Å²) in [7, 11) is 0. The minimum Gasteiger partial charge on any atom is -0.361 e. The van der Waals surface area contributed by atoms with E-state index in [1.54, 1.807) is 36.4 Å². The smallest absolute Gasteiger partial charge is 0.250 e. The van der Waals surface area contributed by atoms with Gasteiger partial charge in [0, 0.05) is 39.4 Å². The second-order valence-corrected chi connectivity index (χ2v) is 10.5. The molecule has 4 heterocycles. The number of carbonyl (C=O) groups excluding carboxylic acids is 3. The van der Waals surface area contributed by atoms with E-state index in [1.165, 1.54) is 4.90 Å². The van der Waals surface area contributed by atoms with Crippen molar-refractivity contribution in [3.63, 3.8) is 0 Å². The van der Waals surface area contributed by atoms with Crippen molar-refractivity contribution in [2.24, 2.45) is 11.8 Å². The van der Waals surface area contributed by atoms with E-state index in [9.17, 15) is 14.4 Å². The van der Waals surface area contributed by atoms with E-state index in [1.807, 2.05) is 43.5 Å². The van der Waals surface area contributed by atoms with Crippen molar-refractivity contribution in [3.8, 4) is 0 Å². The molecule has 3 N–H and O–H groups in total. The number of nitrogens with zero attached hydrogens (tertiary/aromatic N) is 1. The molecule has 3 aromatic carbocycles. The van der Waals surface area contributed by atoms with Crippen LogP contribution in [0.2, 0.25) is 5.02 Å². The van der Waals surface area contributed by atoms with Gasteiger partial charge in [0.15, 0.2) is 0 Å². The molecule has 1 aromatic heterocycles. The van der Waals surface area contributed by atoms with Crippen LogP contribution in [0.25, 0.3) is 10.9 Å². The highest BCUT2D eigenvalue weighted by atomic mass is 35.5. The lowest BCUT2D eigenvalue weighted by Gasteiger charge is -2.29. The first kappa shape index (κ1) is 22.3. The van der Waals surface area contributed by atoms with E-state index in [0.29, 0.717) is 28.4 Å². The predicted octanol–water partition coefficient (Wildman–Crippen LogP) is 4.30. The fraction of sp³-hybridized carbons (Fsp3) is 0.207. The Morgan fingerprint density at radius 2 is 1.73 bits per heavy atom. The van der Waals surface area contributed by atoms with Gasteiger partial charge in [-0.15, -0.1) is 0 Å². The molecule has 0 bridgehead atoms. The molecule has 3 amide bonds. The van der Waals surface area contributed by atoms with Gasteiger partial charge in [0.05, 0.1) is 17.5 Å². The number of nitrogens with one attached hydrogen (secondary N) is 3.